The summed E-state index contributed by atoms with van der Waals surface area (Å²) in [6, 6.07) is -2.59. The first kappa shape index (κ1) is 14.2. The number of amides is 2. The maximum Gasteiger partial charge on any atom is 0.411 e. The van der Waals surface area contributed by atoms with E-state index in [-0.39, 0.29) is 19.3 Å². The largest absolute Gasteiger partial charge is 0.480 e. The Morgan fingerprint density at radius 1 is 1.44 bits per heavy atom. The van der Waals surface area contributed by atoms with E-state index in [0.29, 0.717) is 0 Å². The van der Waals surface area contributed by atoms with E-state index in [1.807, 2.05) is 11.2 Å². The van der Waals surface area contributed by atoms with Crippen molar-refractivity contribution < 1.29 is 27.9 Å². The highest BCUT2D eigenvalue weighted by molar-refractivity contribution is 5.83. The first-order valence-electron chi connectivity index (χ1n) is 5.03. The van der Waals surface area contributed by atoms with Crippen molar-refractivity contribution in [2.24, 2.45) is 0 Å². The average Bonchev–Trinajstić information content (AvgIpc) is 2.97. The highest BCUT2D eigenvalue weighted by Crippen LogP contribution is 2.48. The first-order valence-corrected chi connectivity index (χ1v) is 5.03. The molecule has 1 atom stereocenters. The average molecular weight is 264 g/mol. The van der Waals surface area contributed by atoms with Crippen molar-refractivity contribution in [3.8, 4) is 12.3 Å². The second-order valence-electron chi connectivity index (χ2n) is 3.98. The third-order valence-corrected chi connectivity index (χ3v) is 2.57. The predicted octanol–water partition coefficient (Wildman–Crippen LogP) is 0.857. The number of rotatable bonds is 4. The molecule has 1 fully saturated rings. The van der Waals surface area contributed by atoms with Gasteiger partial charge in [0.15, 0.2) is 0 Å². The number of aliphatic carboxylic acids is 1. The molecule has 0 aromatic carbocycles. The number of carbonyl (C=O) groups is 2. The lowest BCUT2D eigenvalue weighted by Crippen LogP contribution is -2.54. The molecular weight excluding hydrogens is 253 g/mol. The summed E-state index contributed by atoms with van der Waals surface area (Å²) in [5, 5.41) is 12.3. The van der Waals surface area contributed by atoms with E-state index in [2.05, 4.69) is 0 Å². The van der Waals surface area contributed by atoms with E-state index in [1.165, 1.54) is 0 Å². The molecule has 1 aliphatic rings. The molecule has 0 saturated heterocycles. The van der Waals surface area contributed by atoms with Crippen molar-refractivity contribution in [2.75, 3.05) is 0 Å². The number of carboxylic acid groups (broad SMARTS) is 1. The topological polar surface area (TPSA) is 78.4 Å². The van der Waals surface area contributed by atoms with Gasteiger partial charge in [-0.05, 0) is 12.8 Å². The van der Waals surface area contributed by atoms with Crippen LogP contribution in [0.5, 0.6) is 0 Å². The summed E-state index contributed by atoms with van der Waals surface area (Å²) < 4.78 is 37.5. The molecule has 5 nitrogen and oxygen atoms in total. The maximum absolute atomic E-state index is 12.5. The number of halogens is 3. The summed E-state index contributed by atoms with van der Waals surface area (Å²) in [5.41, 5.74) is -2.23. The molecule has 100 valence electrons. The van der Waals surface area contributed by atoms with Crippen LogP contribution in [0.25, 0.3) is 0 Å². The number of urea groups is 1. The van der Waals surface area contributed by atoms with E-state index in [1.54, 1.807) is 5.32 Å². The third kappa shape index (κ3) is 3.06. The molecule has 8 heteroatoms. The number of hydrogen-bond donors (Lipinski definition) is 3. The normalized spacial score (nSPS) is 18.3. The first-order chi connectivity index (χ1) is 8.22. The number of terminal acetylenes is 1. The fraction of sp³-hybridized carbons (Fsp3) is 0.600. The van der Waals surface area contributed by atoms with Gasteiger partial charge < -0.3 is 15.7 Å². The number of nitrogens with one attached hydrogen (secondary N) is 2. The summed E-state index contributed by atoms with van der Waals surface area (Å²) in [6.45, 7) is 0. The number of carboxylic acids is 1. The SMILES string of the molecule is C#CCC(NC(=O)NC1(C(F)(F)F)CC1)C(=O)O. The van der Waals surface area contributed by atoms with Gasteiger partial charge in [0.05, 0.1) is 0 Å². The van der Waals surface area contributed by atoms with Crippen molar-refractivity contribution in [3.63, 3.8) is 0 Å². The molecule has 0 aliphatic heterocycles. The minimum atomic E-state index is -4.55. The van der Waals surface area contributed by atoms with Crippen molar-refractivity contribution in [2.45, 2.75) is 37.0 Å². The van der Waals surface area contributed by atoms with E-state index >= 15 is 0 Å². The van der Waals surface area contributed by atoms with Gasteiger partial charge in [-0.1, -0.05) is 0 Å². The zero-order chi connectivity index (χ0) is 14.0. The number of hydrogen-bond acceptors (Lipinski definition) is 2. The monoisotopic (exact) mass is 264 g/mol. The predicted molar refractivity (Wildman–Crippen MR) is 54.6 cm³/mol. The van der Waals surface area contributed by atoms with Gasteiger partial charge in [0.1, 0.15) is 11.6 Å². The van der Waals surface area contributed by atoms with E-state index in [9.17, 15) is 22.8 Å². The Kier molecular flexibility index (Phi) is 3.74. The fourth-order valence-corrected chi connectivity index (χ4v) is 1.33. The van der Waals surface area contributed by atoms with Crippen LogP contribution in [0.15, 0.2) is 0 Å². The van der Waals surface area contributed by atoms with Crippen LogP contribution in [0.3, 0.4) is 0 Å². The van der Waals surface area contributed by atoms with Crippen LogP contribution in [0.1, 0.15) is 19.3 Å². The fourth-order valence-electron chi connectivity index (χ4n) is 1.33. The standard InChI is InChI=1S/C10H11F3N2O3/c1-2-3-6(7(16)17)14-8(18)15-9(4-5-9)10(11,12)13/h1,6H,3-5H2,(H,16,17)(H2,14,15,18). The second-order valence-corrected chi connectivity index (χ2v) is 3.98. The Morgan fingerprint density at radius 3 is 2.33 bits per heavy atom. The second kappa shape index (κ2) is 4.76. The van der Waals surface area contributed by atoms with Gasteiger partial charge in [0, 0.05) is 6.42 Å². The molecule has 18 heavy (non-hydrogen) atoms. The molecule has 0 radical (unpaired) electrons. The lowest BCUT2D eigenvalue weighted by atomic mass is 10.2. The molecule has 1 aliphatic carbocycles. The summed E-state index contributed by atoms with van der Waals surface area (Å²) in [4.78, 5) is 21.9. The van der Waals surface area contributed by atoms with Gasteiger partial charge in [0.2, 0.25) is 0 Å². The molecule has 0 aromatic heterocycles. The third-order valence-electron chi connectivity index (χ3n) is 2.57. The highest BCUT2D eigenvalue weighted by Gasteiger charge is 2.64. The van der Waals surface area contributed by atoms with Gasteiger partial charge in [-0.15, -0.1) is 12.3 Å². The van der Waals surface area contributed by atoms with Crippen molar-refractivity contribution in [1.82, 2.24) is 10.6 Å². The molecule has 1 rings (SSSR count). The van der Waals surface area contributed by atoms with Gasteiger partial charge in [-0.2, -0.15) is 13.2 Å². The van der Waals surface area contributed by atoms with Crippen molar-refractivity contribution in [1.29, 1.82) is 0 Å². The zero-order valence-corrected chi connectivity index (χ0v) is 9.17. The van der Waals surface area contributed by atoms with Crippen LogP contribution < -0.4 is 10.6 Å². The Balaban J connectivity index is 2.57. The lowest BCUT2D eigenvalue weighted by molar-refractivity contribution is -0.162. The molecule has 0 heterocycles. The summed E-state index contributed by atoms with van der Waals surface area (Å²) in [6.07, 6.45) is -0.387. The molecule has 1 unspecified atom stereocenters. The van der Waals surface area contributed by atoms with Crippen molar-refractivity contribution >= 4 is 12.0 Å². The Hall–Kier alpha value is -1.91. The van der Waals surface area contributed by atoms with Crippen LogP contribution in [-0.4, -0.2) is 34.9 Å². The zero-order valence-electron chi connectivity index (χ0n) is 9.17. The van der Waals surface area contributed by atoms with Crippen LogP contribution in [0.2, 0.25) is 0 Å². The minimum absolute atomic E-state index is 0.212. The van der Waals surface area contributed by atoms with Gasteiger partial charge >= 0.3 is 18.2 Å². The quantitative estimate of drug-likeness (QED) is 0.659. The summed E-state index contributed by atoms with van der Waals surface area (Å²) in [7, 11) is 0. The molecular formula is C10H11F3N2O3. The molecule has 0 bridgehead atoms. The van der Waals surface area contributed by atoms with E-state index < -0.39 is 29.8 Å². The lowest BCUT2D eigenvalue weighted by Gasteiger charge is -2.22. The number of carbonyl (C=O) groups excluding carboxylic acids is 1. The molecule has 2 amide bonds. The molecule has 0 spiro atoms. The van der Waals surface area contributed by atoms with E-state index in [0.717, 1.165) is 0 Å². The van der Waals surface area contributed by atoms with Gasteiger partial charge in [-0.25, -0.2) is 9.59 Å². The van der Waals surface area contributed by atoms with E-state index in [4.69, 9.17) is 11.5 Å². The van der Waals surface area contributed by atoms with Crippen LogP contribution in [-0.2, 0) is 4.79 Å². The minimum Gasteiger partial charge on any atom is -0.480 e. The van der Waals surface area contributed by atoms with Gasteiger partial charge in [0.25, 0.3) is 0 Å². The smallest absolute Gasteiger partial charge is 0.411 e. The Morgan fingerprint density at radius 2 is 2.00 bits per heavy atom. The molecule has 3 N–H and O–H groups in total. The van der Waals surface area contributed by atoms with Crippen LogP contribution in [0, 0.1) is 12.3 Å². The Bertz CT molecular complexity index is 396. The summed E-state index contributed by atoms with van der Waals surface area (Å²) >= 11 is 0. The van der Waals surface area contributed by atoms with Crippen LogP contribution in [0.4, 0.5) is 18.0 Å². The highest BCUT2D eigenvalue weighted by atomic mass is 19.4. The molecule has 0 aromatic rings. The number of alkyl halides is 3. The Labute approximate surface area is 101 Å². The molecule has 1 saturated carbocycles. The van der Waals surface area contributed by atoms with Crippen molar-refractivity contribution in [3.05, 3.63) is 0 Å². The van der Waals surface area contributed by atoms with Crippen LogP contribution >= 0.6 is 0 Å². The van der Waals surface area contributed by atoms with Gasteiger partial charge in [-0.3, -0.25) is 0 Å². The maximum atomic E-state index is 12.5. The summed E-state index contributed by atoms with van der Waals surface area (Å²) in [5.74, 6) is 0.615.